The van der Waals surface area contributed by atoms with E-state index in [0.717, 1.165) is 16.9 Å². The van der Waals surface area contributed by atoms with Crippen LogP contribution in [0.25, 0.3) is 0 Å². The molecule has 1 amide bonds. The summed E-state index contributed by atoms with van der Waals surface area (Å²) in [6.45, 7) is 3.91. The number of anilines is 1. The first-order valence-corrected chi connectivity index (χ1v) is 7.45. The van der Waals surface area contributed by atoms with Gasteiger partial charge in [0.05, 0.1) is 5.56 Å². The zero-order chi connectivity index (χ0) is 14.3. The van der Waals surface area contributed by atoms with E-state index in [1.165, 1.54) is 11.3 Å². The first-order valence-electron chi connectivity index (χ1n) is 6.26. The Hall–Kier alpha value is -1.59. The Morgan fingerprint density at radius 3 is 3.05 bits per heavy atom. The molecule has 0 unspecified atom stereocenters. The minimum Gasteiger partial charge on any atom is -0.489 e. The van der Waals surface area contributed by atoms with Gasteiger partial charge in [0.15, 0.2) is 5.13 Å². The molecule has 0 spiro atoms. The second-order valence-electron chi connectivity index (χ2n) is 4.80. The van der Waals surface area contributed by atoms with E-state index >= 15 is 0 Å². The standard InChI is InChI=1S/C14H13ClN2O2S/c1-7-3-9-4-10(15)5-11(12(9)19-7)13(18)17-14-16-6-8(2)20-14/h4-7H,3H2,1-2H3,(H,16,17,18)/t7-/m0/s1. The van der Waals surface area contributed by atoms with Gasteiger partial charge in [-0.1, -0.05) is 11.6 Å². The van der Waals surface area contributed by atoms with Gasteiger partial charge in [0.2, 0.25) is 0 Å². The maximum Gasteiger partial charge on any atom is 0.261 e. The number of thiazole rings is 1. The van der Waals surface area contributed by atoms with Crippen LogP contribution in [0.3, 0.4) is 0 Å². The summed E-state index contributed by atoms with van der Waals surface area (Å²) in [6, 6.07) is 3.49. The van der Waals surface area contributed by atoms with Gasteiger partial charge in [-0.25, -0.2) is 4.98 Å². The number of hydrogen-bond acceptors (Lipinski definition) is 4. The molecule has 1 aromatic heterocycles. The first-order chi connectivity index (χ1) is 9.52. The Morgan fingerprint density at radius 1 is 1.55 bits per heavy atom. The molecule has 20 heavy (non-hydrogen) atoms. The van der Waals surface area contributed by atoms with E-state index in [9.17, 15) is 4.79 Å². The summed E-state index contributed by atoms with van der Waals surface area (Å²) < 4.78 is 5.72. The molecule has 0 radical (unpaired) electrons. The van der Waals surface area contributed by atoms with Crippen LogP contribution in [0.1, 0.15) is 27.7 Å². The van der Waals surface area contributed by atoms with Gasteiger partial charge in [0, 0.05) is 28.1 Å². The van der Waals surface area contributed by atoms with Crippen LogP contribution >= 0.6 is 22.9 Å². The van der Waals surface area contributed by atoms with Crippen LogP contribution in [0.4, 0.5) is 5.13 Å². The van der Waals surface area contributed by atoms with Gasteiger partial charge in [-0.05, 0) is 26.0 Å². The number of aromatic nitrogens is 1. The largest absolute Gasteiger partial charge is 0.489 e. The summed E-state index contributed by atoms with van der Waals surface area (Å²) in [5.74, 6) is 0.389. The Balaban J connectivity index is 1.92. The van der Waals surface area contributed by atoms with Crippen molar-refractivity contribution in [3.8, 4) is 5.75 Å². The van der Waals surface area contributed by atoms with Crippen molar-refractivity contribution >= 4 is 34.0 Å². The summed E-state index contributed by atoms with van der Waals surface area (Å²) >= 11 is 7.51. The number of amides is 1. The number of carbonyl (C=O) groups is 1. The number of benzene rings is 1. The van der Waals surface area contributed by atoms with Crippen LogP contribution in [0.2, 0.25) is 5.02 Å². The van der Waals surface area contributed by atoms with Crippen molar-refractivity contribution in [3.05, 3.63) is 39.4 Å². The Kier molecular flexibility index (Phi) is 3.40. The predicted molar refractivity (Wildman–Crippen MR) is 80.1 cm³/mol. The lowest BCUT2D eigenvalue weighted by Crippen LogP contribution is -2.14. The van der Waals surface area contributed by atoms with Crippen LogP contribution in [0, 0.1) is 6.92 Å². The fourth-order valence-corrected chi connectivity index (χ4v) is 3.14. The number of nitrogens with one attached hydrogen (secondary N) is 1. The van der Waals surface area contributed by atoms with Crippen LogP contribution in [-0.2, 0) is 6.42 Å². The molecule has 2 aromatic rings. The van der Waals surface area contributed by atoms with Crippen molar-refractivity contribution in [1.29, 1.82) is 0 Å². The van der Waals surface area contributed by atoms with E-state index in [0.29, 0.717) is 21.5 Å². The van der Waals surface area contributed by atoms with E-state index in [2.05, 4.69) is 10.3 Å². The van der Waals surface area contributed by atoms with Gasteiger partial charge < -0.3 is 4.74 Å². The van der Waals surface area contributed by atoms with E-state index in [-0.39, 0.29) is 12.0 Å². The zero-order valence-electron chi connectivity index (χ0n) is 11.1. The number of ether oxygens (including phenoxy) is 1. The maximum atomic E-state index is 12.4. The van der Waals surface area contributed by atoms with Crippen LogP contribution in [-0.4, -0.2) is 17.0 Å². The van der Waals surface area contributed by atoms with E-state index in [1.807, 2.05) is 19.9 Å². The van der Waals surface area contributed by atoms with Gasteiger partial charge in [-0.2, -0.15) is 0 Å². The van der Waals surface area contributed by atoms with Gasteiger partial charge in [-0.3, -0.25) is 10.1 Å². The van der Waals surface area contributed by atoms with Crippen molar-refractivity contribution < 1.29 is 9.53 Å². The monoisotopic (exact) mass is 308 g/mol. The summed E-state index contributed by atoms with van der Waals surface area (Å²) in [5, 5.41) is 3.90. The second kappa shape index (κ2) is 5.07. The number of hydrogen-bond donors (Lipinski definition) is 1. The fraction of sp³-hybridized carbons (Fsp3) is 0.286. The molecule has 0 fully saturated rings. The third-order valence-electron chi connectivity index (χ3n) is 3.04. The highest BCUT2D eigenvalue weighted by molar-refractivity contribution is 7.15. The highest BCUT2D eigenvalue weighted by Gasteiger charge is 2.26. The highest BCUT2D eigenvalue weighted by atomic mass is 35.5. The molecule has 1 aliphatic rings. The molecule has 4 nitrogen and oxygen atoms in total. The zero-order valence-corrected chi connectivity index (χ0v) is 12.6. The number of fused-ring (bicyclic) bond motifs is 1. The molecule has 1 N–H and O–H groups in total. The first kappa shape index (κ1) is 13.4. The molecule has 1 aliphatic heterocycles. The topological polar surface area (TPSA) is 51.2 Å². The molecule has 1 atom stereocenters. The summed E-state index contributed by atoms with van der Waals surface area (Å²) in [5.41, 5.74) is 1.44. The summed E-state index contributed by atoms with van der Waals surface area (Å²) in [7, 11) is 0. The average molecular weight is 309 g/mol. The number of halogens is 1. The molecule has 0 aliphatic carbocycles. The predicted octanol–water partition coefficient (Wildman–Crippen LogP) is 3.68. The lowest BCUT2D eigenvalue weighted by atomic mass is 10.1. The smallest absolute Gasteiger partial charge is 0.261 e. The molecule has 3 rings (SSSR count). The minimum absolute atomic E-state index is 0.0668. The van der Waals surface area contributed by atoms with E-state index in [1.54, 1.807) is 12.3 Å². The van der Waals surface area contributed by atoms with Gasteiger partial charge in [0.1, 0.15) is 11.9 Å². The lowest BCUT2D eigenvalue weighted by molar-refractivity contribution is 0.102. The van der Waals surface area contributed by atoms with Crippen molar-refractivity contribution in [2.75, 3.05) is 5.32 Å². The molecule has 1 aromatic carbocycles. The number of aryl methyl sites for hydroxylation is 1. The molecule has 2 heterocycles. The van der Waals surface area contributed by atoms with Crippen LogP contribution < -0.4 is 10.1 Å². The van der Waals surface area contributed by atoms with E-state index in [4.69, 9.17) is 16.3 Å². The molecular weight excluding hydrogens is 296 g/mol. The molecule has 0 saturated carbocycles. The summed E-state index contributed by atoms with van der Waals surface area (Å²) in [4.78, 5) is 17.5. The highest BCUT2D eigenvalue weighted by Crippen LogP contribution is 2.35. The van der Waals surface area contributed by atoms with Crippen molar-refractivity contribution in [2.45, 2.75) is 26.4 Å². The van der Waals surface area contributed by atoms with Crippen molar-refractivity contribution in [1.82, 2.24) is 4.98 Å². The maximum absolute atomic E-state index is 12.4. The normalized spacial score (nSPS) is 16.6. The second-order valence-corrected chi connectivity index (χ2v) is 6.48. The lowest BCUT2D eigenvalue weighted by Gasteiger charge is -2.09. The van der Waals surface area contributed by atoms with Gasteiger partial charge >= 0.3 is 0 Å². The van der Waals surface area contributed by atoms with Gasteiger partial charge in [-0.15, -0.1) is 11.3 Å². The average Bonchev–Trinajstić information content (AvgIpc) is 2.93. The Labute approximate surface area is 125 Å². The third-order valence-corrected chi connectivity index (χ3v) is 4.09. The number of rotatable bonds is 2. The molecule has 104 valence electrons. The number of nitrogens with zero attached hydrogens (tertiary/aromatic N) is 1. The number of carbonyl (C=O) groups excluding carboxylic acids is 1. The van der Waals surface area contributed by atoms with Crippen molar-refractivity contribution in [2.24, 2.45) is 0 Å². The third kappa shape index (κ3) is 2.51. The SMILES string of the molecule is Cc1cnc(NC(=O)c2cc(Cl)cc3c2O[C@@H](C)C3)s1. The Bertz CT molecular complexity index is 684. The quantitative estimate of drug-likeness (QED) is 0.920. The van der Waals surface area contributed by atoms with Gasteiger partial charge in [0.25, 0.3) is 5.91 Å². The van der Waals surface area contributed by atoms with Crippen LogP contribution in [0.15, 0.2) is 18.3 Å². The molecule has 0 bridgehead atoms. The molecular formula is C14H13ClN2O2S. The minimum atomic E-state index is -0.243. The molecule has 0 saturated heterocycles. The van der Waals surface area contributed by atoms with Crippen LogP contribution in [0.5, 0.6) is 5.75 Å². The summed E-state index contributed by atoms with van der Waals surface area (Å²) in [6.07, 6.45) is 2.56. The van der Waals surface area contributed by atoms with Crippen molar-refractivity contribution in [3.63, 3.8) is 0 Å². The fourth-order valence-electron chi connectivity index (χ4n) is 2.24. The Morgan fingerprint density at radius 2 is 2.35 bits per heavy atom. The van der Waals surface area contributed by atoms with E-state index < -0.39 is 0 Å². The molecule has 6 heteroatoms.